The van der Waals surface area contributed by atoms with Gasteiger partial charge in [0, 0.05) is 0 Å². The molecular weight excluding hydrogens is 326 g/mol. The van der Waals surface area contributed by atoms with Crippen LogP contribution < -0.4 is 24.2 Å². The quantitative estimate of drug-likeness (QED) is 0.561. The van der Waals surface area contributed by atoms with Crippen LogP contribution in [0.25, 0.3) is 0 Å². The second kappa shape index (κ2) is 6.94. The van der Waals surface area contributed by atoms with Crippen LogP contribution in [0, 0.1) is 0 Å². The molecule has 2 heteroatoms. The monoisotopic (exact) mass is 364 g/mol. The first-order valence-electron chi connectivity index (χ1n) is 10.5. The van der Waals surface area contributed by atoms with Gasteiger partial charge in [0.25, 0.3) is 0 Å². The minimum atomic E-state index is 0. The van der Waals surface area contributed by atoms with Gasteiger partial charge in [-0.25, -0.2) is 0 Å². The Labute approximate surface area is 177 Å². The van der Waals surface area contributed by atoms with Gasteiger partial charge in [0.2, 0.25) is 0 Å². The molecule has 0 saturated heterocycles. The number of hydrogen-bond acceptors (Lipinski definition) is 0. The third-order valence-corrected chi connectivity index (χ3v) is 8.59. The van der Waals surface area contributed by atoms with Crippen LogP contribution >= 0.6 is 9.24 Å². The van der Waals surface area contributed by atoms with Gasteiger partial charge in [-0.3, -0.25) is 0 Å². The topological polar surface area (TPSA) is 0 Å². The van der Waals surface area contributed by atoms with E-state index in [4.69, 9.17) is 0 Å². The third-order valence-electron chi connectivity index (χ3n) is 8.09. The molecule has 0 fully saturated rings. The van der Waals surface area contributed by atoms with E-state index in [2.05, 4.69) is 70.7 Å². The van der Waals surface area contributed by atoms with Crippen molar-refractivity contribution < 1.29 is 18.9 Å². The molecule has 26 heavy (non-hydrogen) atoms. The van der Waals surface area contributed by atoms with Crippen LogP contribution in [0.15, 0.2) is 6.07 Å². The average molecular weight is 364 g/mol. The molecule has 2 aliphatic carbocycles. The summed E-state index contributed by atoms with van der Waals surface area (Å²) in [6.45, 7) is 19.4. The molecule has 0 amide bonds. The molecule has 0 N–H and O–H groups in total. The van der Waals surface area contributed by atoms with Gasteiger partial charge < -0.3 is 9.24 Å². The second-order valence-electron chi connectivity index (χ2n) is 10.2. The fourth-order valence-corrected chi connectivity index (χ4v) is 7.69. The summed E-state index contributed by atoms with van der Waals surface area (Å²) < 4.78 is 0. The summed E-state index contributed by atoms with van der Waals surface area (Å²) >= 11 is 0. The fourth-order valence-electron chi connectivity index (χ4n) is 6.75. The molecule has 1 aromatic rings. The number of benzene rings is 1. The van der Waals surface area contributed by atoms with E-state index in [0.29, 0.717) is 10.8 Å². The molecule has 1 aromatic carbocycles. The molecule has 2 aliphatic rings. The van der Waals surface area contributed by atoms with Crippen LogP contribution in [-0.4, -0.2) is 0 Å². The largest absolute Gasteiger partial charge is 1.00 e. The van der Waals surface area contributed by atoms with Gasteiger partial charge in [-0.05, 0) is 71.3 Å². The third kappa shape index (κ3) is 2.81. The van der Waals surface area contributed by atoms with Crippen molar-refractivity contribution in [2.45, 2.75) is 116 Å². The summed E-state index contributed by atoms with van der Waals surface area (Å²) in [5, 5.41) is 1.44. The minimum absolute atomic E-state index is 0. The summed E-state index contributed by atoms with van der Waals surface area (Å²) in [6.07, 6.45) is 7.57. The Morgan fingerprint density at radius 3 is 1.31 bits per heavy atom. The number of rotatable bonds is 4. The van der Waals surface area contributed by atoms with Crippen LogP contribution in [0.5, 0.6) is 0 Å². The molecule has 0 spiro atoms. The summed E-state index contributed by atoms with van der Waals surface area (Å²) in [5.74, 6) is 0. The first-order chi connectivity index (χ1) is 11.5. The zero-order valence-electron chi connectivity index (χ0n) is 18.8. The van der Waals surface area contributed by atoms with E-state index in [1.165, 1.54) is 43.8 Å². The van der Waals surface area contributed by atoms with Crippen LogP contribution in [0.1, 0.15) is 116 Å². The first kappa shape index (κ1) is 22.5. The van der Waals surface area contributed by atoms with Crippen molar-refractivity contribution in [2.75, 3.05) is 0 Å². The van der Waals surface area contributed by atoms with Crippen molar-refractivity contribution in [3.05, 3.63) is 28.3 Å². The van der Waals surface area contributed by atoms with Crippen molar-refractivity contribution in [3.63, 3.8) is 0 Å². The van der Waals surface area contributed by atoms with Crippen molar-refractivity contribution in [1.82, 2.24) is 0 Å². The fraction of sp³-hybridized carbons (Fsp3) is 0.750. The molecule has 0 nitrogen and oxygen atoms in total. The molecule has 0 radical (unpaired) electrons. The SMILES string of the molecule is CCC1(CC)CC(C)(C)c2c1cc1c(c2[PH-])C(C)(C)CC1(CC)CC.[Li+]. The zero-order valence-corrected chi connectivity index (χ0v) is 19.8. The molecular formula is C24H38LiP. The van der Waals surface area contributed by atoms with Crippen molar-refractivity contribution in [3.8, 4) is 0 Å². The van der Waals surface area contributed by atoms with Gasteiger partial charge in [-0.2, -0.15) is 5.30 Å². The summed E-state index contributed by atoms with van der Waals surface area (Å²) in [7, 11) is 4.22. The van der Waals surface area contributed by atoms with Gasteiger partial charge in [-0.1, -0.05) is 72.6 Å². The maximum absolute atomic E-state index is 4.22. The van der Waals surface area contributed by atoms with Crippen molar-refractivity contribution in [1.29, 1.82) is 0 Å². The van der Waals surface area contributed by atoms with E-state index in [-0.39, 0.29) is 29.7 Å². The maximum atomic E-state index is 4.22. The summed E-state index contributed by atoms with van der Waals surface area (Å²) in [6, 6.07) is 2.68. The van der Waals surface area contributed by atoms with Gasteiger partial charge in [0.05, 0.1) is 0 Å². The van der Waals surface area contributed by atoms with E-state index in [0.717, 1.165) is 0 Å². The molecule has 3 rings (SSSR count). The summed E-state index contributed by atoms with van der Waals surface area (Å²) in [4.78, 5) is 0. The van der Waals surface area contributed by atoms with Gasteiger partial charge in [0.15, 0.2) is 0 Å². The van der Waals surface area contributed by atoms with Crippen LogP contribution in [0.4, 0.5) is 0 Å². The number of fused-ring (bicyclic) bond motifs is 2. The van der Waals surface area contributed by atoms with Gasteiger partial charge in [0.1, 0.15) is 0 Å². The smallest absolute Gasteiger partial charge is 0.524 e. The van der Waals surface area contributed by atoms with Crippen LogP contribution in [0.3, 0.4) is 0 Å². The Morgan fingerprint density at radius 1 is 0.731 bits per heavy atom. The molecule has 0 heterocycles. The normalized spacial score (nSPS) is 23.3. The number of hydrogen-bond donors (Lipinski definition) is 0. The van der Waals surface area contributed by atoms with Gasteiger partial charge >= 0.3 is 18.9 Å². The summed E-state index contributed by atoms with van der Waals surface area (Å²) in [5.41, 5.74) is 7.78. The van der Waals surface area contributed by atoms with E-state index in [1.807, 2.05) is 0 Å². The van der Waals surface area contributed by atoms with E-state index in [1.54, 1.807) is 22.3 Å². The predicted octanol–water partition coefficient (Wildman–Crippen LogP) is 3.94. The molecule has 0 aromatic heterocycles. The van der Waals surface area contributed by atoms with Crippen LogP contribution in [0.2, 0.25) is 0 Å². The van der Waals surface area contributed by atoms with Crippen molar-refractivity contribution >= 4 is 14.5 Å². The van der Waals surface area contributed by atoms with Gasteiger partial charge in [-0.15, -0.1) is 0 Å². The molecule has 0 saturated carbocycles. The Morgan fingerprint density at radius 2 is 1.04 bits per heavy atom. The molecule has 0 bridgehead atoms. The molecule has 0 atom stereocenters. The van der Waals surface area contributed by atoms with Crippen molar-refractivity contribution in [2.24, 2.45) is 0 Å². The van der Waals surface area contributed by atoms with E-state index in [9.17, 15) is 0 Å². The zero-order chi connectivity index (χ0) is 18.8. The maximum Gasteiger partial charge on any atom is 1.00 e. The molecule has 0 aliphatic heterocycles. The predicted molar refractivity (Wildman–Crippen MR) is 114 cm³/mol. The minimum Gasteiger partial charge on any atom is -0.524 e. The Balaban J connectivity index is 0.00000243. The van der Waals surface area contributed by atoms with E-state index < -0.39 is 0 Å². The van der Waals surface area contributed by atoms with E-state index >= 15 is 0 Å². The average Bonchev–Trinajstić information content (AvgIpc) is 2.94. The molecule has 140 valence electrons. The Hall–Kier alpha value is 0.247. The molecule has 0 unspecified atom stereocenters. The van der Waals surface area contributed by atoms with Crippen LogP contribution in [-0.2, 0) is 21.7 Å². The Kier molecular flexibility index (Phi) is 6.02. The standard InChI is InChI=1S/C24H38P.Li/c1-9-23(10-2)14-21(5,6)18-16(23)13-17-19(20(18)25)22(7,8)15-24(17,11-3)12-4;/h13,25H,9-12,14-15H2,1-8H3;/q-1;+1. The second-order valence-corrected chi connectivity index (χ2v) is 10.7. The first-order valence-corrected chi connectivity index (χ1v) is 11.0. The Bertz CT molecular complexity index is 634.